The smallest absolute Gasteiger partial charge is 0.359 e. The van der Waals surface area contributed by atoms with Crippen molar-refractivity contribution in [1.82, 2.24) is 14.1 Å². The van der Waals surface area contributed by atoms with Gasteiger partial charge in [0.1, 0.15) is 11.5 Å². The number of aromatic nitrogens is 3. The van der Waals surface area contributed by atoms with Gasteiger partial charge in [-0.15, -0.1) is 11.3 Å². The Balaban J connectivity index is 1.63. The first-order valence-electron chi connectivity index (χ1n) is 13.4. The van der Waals surface area contributed by atoms with E-state index in [0.717, 1.165) is 32.5 Å². The fourth-order valence-electron chi connectivity index (χ4n) is 5.45. The van der Waals surface area contributed by atoms with Crippen molar-refractivity contribution in [2.75, 3.05) is 29.4 Å². The van der Waals surface area contributed by atoms with Gasteiger partial charge in [-0.25, -0.2) is 14.2 Å². The molecule has 1 saturated heterocycles. The first-order valence-corrected chi connectivity index (χ1v) is 14.3. The van der Waals surface area contributed by atoms with Crippen molar-refractivity contribution in [3.05, 3.63) is 109 Å². The maximum absolute atomic E-state index is 14.9. The van der Waals surface area contributed by atoms with E-state index in [0.29, 0.717) is 25.2 Å². The molecule has 222 valence electrons. The van der Waals surface area contributed by atoms with E-state index >= 15 is 0 Å². The number of hydrogen-bond acceptors (Lipinski definition) is 7. The number of benzene rings is 2. The molecule has 0 radical (unpaired) electrons. The zero-order valence-electron chi connectivity index (χ0n) is 23.0. The van der Waals surface area contributed by atoms with Crippen LogP contribution >= 0.6 is 11.3 Å². The second-order valence-electron chi connectivity index (χ2n) is 10.3. The number of piperazine rings is 1. The Hall–Kier alpha value is -3.97. The van der Waals surface area contributed by atoms with E-state index in [4.69, 9.17) is 5.73 Å². The molecule has 2 atom stereocenters. The summed E-state index contributed by atoms with van der Waals surface area (Å²) in [4.78, 5) is 36.1. The first kappa shape index (κ1) is 29.5. The highest BCUT2D eigenvalue weighted by Gasteiger charge is 2.36. The Morgan fingerprint density at radius 3 is 2.45 bits per heavy atom. The van der Waals surface area contributed by atoms with Gasteiger partial charge in [-0.1, -0.05) is 36.4 Å². The third-order valence-corrected chi connectivity index (χ3v) is 8.44. The maximum atomic E-state index is 14.9. The summed E-state index contributed by atoms with van der Waals surface area (Å²) < 4.78 is 58.5. The second kappa shape index (κ2) is 11.7. The van der Waals surface area contributed by atoms with Crippen LogP contribution in [0.15, 0.2) is 69.7 Å². The summed E-state index contributed by atoms with van der Waals surface area (Å²) in [5.74, 6) is -1.10. The largest absolute Gasteiger partial charge is 0.416 e. The number of anilines is 2. The molecule has 1 aliphatic rings. The van der Waals surface area contributed by atoms with Crippen molar-refractivity contribution in [2.45, 2.75) is 45.2 Å². The molecule has 3 heterocycles. The van der Waals surface area contributed by atoms with Crippen molar-refractivity contribution in [3.8, 4) is 0 Å². The van der Waals surface area contributed by atoms with Gasteiger partial charge >= 0.3 is 11.9 Å². The van der Waals surface area contributed by atoms with E-state index in [9.17, 15) is 27.2 Å². The van der Waals surface area contributed by atoms with E-state index in [-0.39, 0.29) is 24.0 Å². The molecule has 4 aromatic rings. The maximum Gasteiger partial charge on any atom is 0.416 e. The molecule has 0 spiro atoms. The van der Waals surface area contributed by atoms with Gasteiger partial charge in [0.05, 0.1) is 18.7 Å². The van der Waals surface area contributed by atoms with Crippen LogP contribution in [0.25, 0.3) is 0 Å². The Morgan fingerprint density at radius 2 is 1.81 bits per heavy atom. The van der Waals surface area contributed by atoms with Crippen LogP contribution in [0.5, 0.6) is 0 Å². The van der Waals surface area contributed by atoms with Gasteiger partial charge < -0.3 is 15.5 Å². The third kappa shape index (κ3) is 5.71. The summed E-state index contributed by atoms with van der Waals surface area (Å²) in [6.45, 7) is 3.96. The third-order valence-electron chi connectivity index (χ3n) is 7.61. The molecule has 0 bridgehead atoms. The van der Waals surface area contributed by atoms with Crippen LogP contribution in [0.1, 0.15) is 35.3 Å². The molecule has 8 nitrogen and oxygen atoms in total. The second-order valence-corrected chi connectivity index (χ2v) is 11.2. The lowest BCUT2D eigenvalue weighted by Gasteiger charge is -2.41. The van der Waals surface area contributed by atoms with Crippen LogP contribution in [0.2, 0.25) is 0 Å². The van der Waals surface area contributed by atoms with Crippen LogP contribution in [-0.4, -0.2) is 39.8 Å². The highest BCUT2D eigenvalue weighted by molar-refractivity contribution is 7.13. The van der Waals surface area contributed by atoms with E-state index in [1.54, 1.807) is 36.5 Å². The molecule has 42 heavy (non-hydrogen) atoms. The SMILES string of the molecule is Cc1c(N2CCN(c3nccs3)CC2C)c(=O)n(CC(N)c2ccccc2)c(=O)n1Cc1c(F)cccc1C(F)(F)F. The summed E-state index contributed by atoms with van der Waals surface area (Å²) in [5, 5.41) is 2.72. The molecular weight excluding hydrogens is 572 g/mol. The van der Waals surface area contributed by atoms with Crippen LogP contribution in [0.4, 0.5) is 28.4 Å². The van der Waals surface area contributed by atoms with E-state index in [2.05, 4.69) is 9.88 Å². The number of thiazole rings is 1. The van der Waals surface area contributed by atoms with Crippen molar-refractivity contribution in [3.63, 3.8) is 0 Å². The monoisotopic (exact) mass is 602 g/mol. The zero-order valence-corrected chi connectivity index (χ0v) is 23.8. The number of nitrogens with zero attached hydrogens (tertiary/aromatic N) is 5. The van der Waals surface area contributed by atoms with E-state index < -0.39 is 47.0 Å². The lowest BCUT2D eigenvalue weighted by molar-refractivity contribution is -0.138. The van der Waals surface area contributed by atoms with Gasteiger partial charge in [0.15, 0.2) is 5.13 Å². The molecule has 2 unspecified atom stereocenters. The number of hydrogen-bond donors (Lipinski definition) is 1. The fraction of sp³-hybridized carbons (Fsp3) is 0.345. The Bertz CT molecular complexity index is 1670. The molecule has 0 amide bonds. The predicted octanol–water partition coefficient (Wildman–Crippen LogP) is 4.40. The quantitative estimate of drug-likeness (QED) is 0.316. The van der Waals surface area contributed by atoms with Crippen molar-refractivity contribution in [2.24, 2.45) is 5.73 Å². The zero-order chi connectivity index (χ0) is 30.2. The lowest BCUT2D eigenvalue weighted by atomic mass is 10.1. The minimum atomic E-state index is -4.84. The molecule has 0 saturated carbocycles. The van der Waals surface area contributed by atoms with Gasteiger partial charge in [-0.2, -0.15) is 13.2 Å². The standard InChI is InChI=1S/C29H30F4N6O2S/c1-18-15-36(27-35-11-14-42-27)12-13-37(18)25-19(2)38(16-21-22(29(31,32)33)9-6-10-23(21)30)28(41)39(26(25)40)17-24(34)20-7-4-3-5-8-20/h3-11,14,18,24H,12-13,15-17,34H2,1-2H3. The van der Waals surface area contributed by atoms with Crippen molar-refractivity contribution >= 4 is 22.2 Å². The summed E-state index contributed by atoms with van der Waals surface area (Å²) in [6.07, 6.45) is -3.13. The average molecular weight is 603 g/mol. The summed E-state index contributed by atoms with van der Waals surface area (Å²) >= 11 is 1.50. The molecule has 2 N–H and O–H groups in total. The van der Waals surface area contributed by atoms with Gasteiger partial charge in [0.2, 0.25) is 0 Å². The Morgan fingerprint density at radius 1 is 1.07 bits per heavy atom. The van der Waals surface area contributed by atoms with Gasteiger partial charge in [-0.05, 0) is 31.5 Å². The minimum Gasteiger partial charge on any atom is -0.359 e. The summed E-state index contributed by atoms with van der Waals surface area (Å²) in [6, 6.07) is 10.6. The molecular formula is C29H30F4N6O2S. The van der Waals surface area contributed by atoms with Crippen LogP contribution < -0.4 is 26.8 Å². The number of rotatable bonds is 7. The van der Waals surface area contributed by atoms with Gasteiger partial charge in [0, 0.05) is 54.6 Å². The summed E-state index contributed by atoms with van der Waals surface area (Å²) in [5.41, 5.74) is 4.08. The Labute approximate surface area is 243 Å². The lowest BCUT2D eigenvalue weighted by Crippen LogP contribution is -2.55. The number of alkyl halides is 3. The minimum absolute atomic E-state index is 0.153. The highest BCUT2D eigenvalue weighted by Crippen LogP contribution is 2.34. The van der Waals surface area contributed by atoms with Crippen LogP contribution in [-0.2, 0) is 19.3 Å². The Kier molecular flexibility index (Phi) is 8.24. The molecule has 1 fully saturated rings. The molecule has 5 rings (SSSR count). The summed E-state index contributed by atoms with van der Waals surface area (Å²) in [7, 11) is 0. The van der Waals surface area contributed by atoms with Gasteiger partial charge in [-0.3, -0.25) is 13.9 Å². The normalized spacial score (nSPS) is 16.6. The fourth-order valence-corrected chi connectivity index (χ4v) is 6.13. The van der Waals surface area contributed by atoms with E-state index in [1.807, 2.05) is 17.2 Å². The molecule has 0 aliphatic carbocycles. The average Bonchev–Trinajstić information content (AvgIpc) is 3.50. The van der Waals surface area contributed by atoms with E-state index in [1.165, 1.54) is 18.3 Å². The van der Waals surface area contributed by atoms with Gasteiger partial charge in [0.25, 0.3) is 5.56 Å². The molecule has 2 aromatic carbocycles. The van der Waals surface area contributed by atoms with Crippen molar-refractivity contribution < 1.29 is 17.6 Å². The highest BCUT2D eigenvalue weighted by atomic mass is 32.1. The predicted molar refractivity (Wildman–Crippen MR) is 155 cm³/mol. The molecule has 13 heteroatoms. The topological polar surface area (TPSA) is 89.4 Å². The molecule has 2 aromatic heterocycles. The molecule has 1 aliphatic heterocycles. The van der Waals surface area contributed by atoms with Crippen LogP contribution in [0.3, 0.4) is 0 Å². The van der Waals surface area contributed by atoms with Crippen LogP contribution in [0, 0.1) is 12.7 Å². The number of nitrogens with two attached hydrogens (primary N) is 1. The number of halogens is 4. The first-order chi connectivity index (χ1) is 20.0. The van der Waals surface area contributed by atoms with Crippen molar-refractivity contribution in [1.29, 1.82) is 0 Å².